The number of hydrogen-bond acceptors (Lipinski definition) is 4. The molecule has 0 bridgehead atoms. The molecule has 0 saturated heterocycles. The SMILES string of the molecule is CCNc1cc(Nc2ccn(C)n2)nc2[nH]cc(C(F)(F)F)c12. The van der Waals surface area contributed by atoms with Gasteiger partial charge in [0.05, 0.1) is 10.9 Å². The van der Waals surface area contributed by atoms with Gasteiger partial charge in [0, 0.05) is 43.8 Å². The number of hydrogen-bond donors (Lipinski definition) is 3. The van der Waals surface area contributed by atoms with Crippen molar-refractivity contribution in [3.05, 3.63) is 30.1 Å². The van der Waals surface area contributed by atoms with Gasteiger partial charge in [-0.3, -0.25) is 4.68 Å². The van der Waals surface area contributed by atoms with Crippen LogP contribution in [0.25, 0.3) is 11.0 Å². The zero-order valence-electron chi connectivity index (χ0n) is 12.5. The fourth-order valence-corrected chi connectivity index (χ4v) is 2.37. The van der Waals surface area contributed by atoms with Crippen LogP contribution >= 0.6 is 0 Å². The summed E-state index contributed by atoms with van der Waals surface area (Å²) in [5.41, 5.74) is -0.209. The molecule has 0 atom stereocenters. The maximum atomic E-state index is 13.1. The number of H-pyrrole nitrogens is 1. The predicted molar refractivity (Wildman–Crippen MR) is 81.8 cm³/mol. The fraction of sp³-hybridized carbons (Fsp3) is 0.286. The van der Waals surface area contributed by atoms with Crippen LogP contribution in [0.2, 0.25) is 0 Å². The van der Waals surface area contributed by atoms with E-state index < -0.39 is 11.7 Å². The monoisotopic (exact) mass is 324 g/mol. The van der Waals surface area contributed by atoms with Crippen molar-refractivity contribution >= 4 is 28.4 Å². The summed E-state index contributed by atoms with van der Waals surface area (Å²) in [6, 6.07) is 3.29. The van der Waals surface area contributed by atoms with Crippen LogP contribution in [-0.2, 0) is 13.2 Å². The standard InChI is InChI=1S/C14H15F3N6/c1-3-18-9-6-11(20-10-4-5-23(2)22-10)21-13-12(9)8(7-19-13)14(15,16)17/h4-7H,3H2,1-2H3,(H3,18,19,20,21,22). The Bertz CT molecular complexity index is 833. The predicted octanol–water partition coefficient (Wildman–Crippen LogP) is 3.49. The maximum Gasteiger partial charge on any atom is 0.418 e. The van der Waals surface area contributed by atoms with Crippen LogP contribution in [0, 0.1) is 0 Å². The Kier molecular flexibility index (Phi) is 3.63. The smallest absolute Gasteiger partial charge is 0.385 e. The molecule has 3 heterocycles. The van der Waals surface area contributed by atoms with Crippen LogP contribution in [0.15, 0.2) is 24.5 Å². The zero-order valence-corrected chi connectivity index (χ0v) is 12.5. The number of aryl methyl sites for hydroxylation is 1. The molecule has 3 aromatic rings. The zero-order chi connectivity index (χ0) is 16.6. The Labute approximate surface area is 129 Å². The van der Waals surface area contributed by atoms with Gasteiger partial charge in [0.1, 0.15) is 11.5 Å². The fourth-order valence-electron chi connectivity index (χ4n) is 2.37. The topological polar surface area (TPSA) is 70.6 Å². The minimum atomic E-state index is -4.44. The number of alkyl halides is 3. The first-order valence-corrected chi connectivity index (χ1v) is 6.98. The quantitative estimate of drug-likeness (QED) is 0.687. The number of halogens is 3. The van der Waals surface area contributed by atoms with Crippen LogP contribution in [0.5, 0.6) is 0 Å². The molecule has 0 aliphatic rings. The summed E-state index contributed by atoms with van der Waals surface area (Å²) in [6.45, 7) is 2.31. The van der Waals surface area contributed by atoms with E-state index in [0.717, 1.165) is 6.20 Å². The van der Waals surface area contributed by atoms with Crippen molar-refractivity contribution in [2.45, 2.75) is 13.1 Å². The summed E-state index contributed by atoms with van der Waals surface area (Å²) < 4.78 is 41.0. The summed E-state index contributed by atoms with van der Waals surface area (Å²) in [4.78, 5) is 6.79. The third-order valence-corrected chi connectivity index (χ3v) is 3.28. The van der Waals surface area contributed by atoms with Crippen LogP contribution in [0.4, 0.5) is 30.5 Å². The van der Waals surface area contributed by atoms with Crippen molar-refractivity contribution in [1.82, 2.24) is 19.7 Å². The largest absolute Gasteiger partial charge is 0.418 e. The van der Waals surface area contributed by atoms with Crippen molar-refractivity contribution in [2.75, 3.05) is 17.2 Å². The lowest BCUT2D eigenvalue weighted by atomic mass is 10.1. The first kappa shape index (κ1) is 15.2. The number of nitrogens with zero attached hydrogens (tertiary/aromatic N) is 3. The van der Waals surface area contributed by atoms with Gasteiger partial charge in [0.2, 0.25) is 0 Å². The normalized spacial score (nSPS) is 11.9. The van der Waals surface area contributed by atoms with Crippen LogP contribution in [0.3, 0.4) is 0 Å². The molecule has 3 aromatic heterocycles. The highest BCUT2D eigenvalue weighted by Gasteiger charge is 2.35. The average molecular weight is 324 g/mol. The molecule has 23 heavy (non-hydrogen) atoms. The van der Waals surface area contributed by atoms with Gasteiger partial charge in [-0.1, -0.05) is 0 Å². The van der Waals surface area contributed by atoms with E-state index in [-0.39, 0.29) is 11.0 Å². The van der Waals surface area contributed by atoms with Gasteiger partial charge >= 0.3 is 6.18 Å². The molecule has 0 spiro atoms. The van der Waals surface area contributed by atoms with Crippen molar-refractivity contribution < 1.29 is 13.2 Å². The number of rotatable bonds is 4. The number of fused-ring (bicyclic) bond motifs is 1. The summed E-state index contributed by atoms with van der Waals surface area (Å²) in [7, 11) is 1.77. The molecule has 0 aliphatic heterocycles. The van der Waals surface area contributed by atoms with Crippen LogP contribution in [-0.4, -0.2) is 26.3 Å². The van der Waals surface area contributed by atoms with Gasteiger partial charge in [-0.2, -0.15) is 18.3 Å². The first-order chi connectivity index (χ1) is 10.9. The highest BCUT2D eigenvalue weighted by atomic mass is 19.4. The molecular formula is C14H15F3N6. The molecule has 0 aromatic carbocycles. The van der Waals surface area contributed by atoms with E-state index >= 15 is 0 Å². The second-order valence-electron chi connectivity index (χ2n) is 5.01. The van der Waals surface area contributed by atoms with Gasteiger partial charge in [0.15, 0.2) is 5.82 Å². The molecule has 0 aliphatic carbocycles. The van der Waals surface area contributed by atoms with Crippen LogP contribution < -0.4 is 10.6 Å². The van der Waals surface area contributed by atoms with Crippen molar-refractivity contribution in [1.29, 1.82) is 0 Å². The van der Waals surface area contributed by atoms with Gasteiger partial charge in [-0.15, -0.1) is 0 Å². The Morgan fingerprint density at radius 2 is 2.09 bits per heavy atom. The third-order valence-electron chi connectivity index (χ3n) is 3.28. The molecule has 3 rings (SSSR count). The number of anilines is 3. The highest BCUT2D eigenvalue weighted by Crippen LogP contribution is 2.38. The second kappa shape index (κ2) is 5.49. The molecule has 3 N–H and O–H groups in total. The number of aromatic amines is 1. The average Bonchev–Trinajstić information content (AvgIpc) is 3.05. The summed E-state index contributed by atoms with van der Waals surface area (Å²) in [5, 5.41) is 10.1. The Morgan fingerprint density at radius 1 is 1.30 bits per heavy atom. The van der Waals surface area contributed by atoms with E-state index in [9.17, 15) is 13.2 Å². The molecule has 9 heteroatoms. The molecule has 0 fully saturated rings. The Balaban J connectivity index is 2.08. The van der Waals surface area contributed by atoms with E-state index in [2.05, 4.69) is 25.7 Å². The number of pyridine rings is 1. The molecule has 0 radical (unpaired) electrons. The summed E-state index contributed by atoms with van der Waals surface area (Å²) in [5.74, 6) is 0.965. The first-order valence-electron chi connectivity index (χ1n) is 6.98. The van der Waals surface area contributed by atoms with Crippen LogP contribution in [0.1, 0.15) is 12.5 Å². The van der Waals surface area contributed by atoms with Crippen molar-refractivity contribution in [2.24, 2.45) is 7.05 Å². The lowest BCUT2D eigenvalue weighted by molar-refractivity contribution is -0.136. The molecule has 0 saturated carbocycles. The minimum Gasteiger partial charge on any atom is -0.385 e. The summed E-state index contributed by atoms with van der Waals surface area (Å²) >= 11 is 0. The molecule has 122 valence electrons. The highest BCUT2D eigenvalue weighted by molar-refractivity contribution is 5.95. The Hall–Kier alpha value is -2.71. The second-order valence-corrected chi connectivity index (χ2v) is 5.01. The maximum absolute atomic E-state index is 13.1. The number of aromatic nitrogens is 4. The van der Waals surface area contributed by atoms with Crippen molar-refractivity contribution in [3.8, 4) is 0 Å². The number of nitrogens with one attached hydrogen (secondary N) is 3. The van der Waals surface area contributed by atoms with Gasteiger partial charge in [-0.25, -0.2) is 4.98 Å². The van der Waals surface area contributed by atoms with Crippen molar-refractivity contribution in [3.63, 3.8) is 0 Å². The summed E-state index contributed by atoms with van der Waals surface area (Å²) in [6.07, 6.45) is -1.76. The lowest BCUT2D eigenvalue weighted by Crippen LogP contribution is -2.06. The molecule has 6 nitrogen and oxygen atoms in total. The van der Waals surface area contributed by atoms with E-state index in [1.807, 2.05) is 6.92 Å². The Morgan fingerprint density at radius 3 is 2.70 bits per heavy atom. The van der Waals surface area contributed by atoms with Gasteiger partial charge in [-0.05, 0) is 6.92 Å². The molecule has 0 unspecified atom stereocenters. The lowest BCUT2D eigenvalue weighted by Gasteiger charge is -2.11. The third kappa shape index (κ3) is 2.94. The van der Waals surface area contributed by atoms with E-state index in [1.165, 1.54) is 0 Å². The molecule has 0 amide bonds. The minimum absolute atomic E-state index is 0.0333. The van der Waals surface area contributed by atoms with E-state index in [1.54, 1.807) is 30.1 Å². The van der Waals surface area contributed by atoms with Gasteiger partial charge in [0.25, 0.3) is 0 Å². The van der Waals surface area contributed by atoms with E-state index in [0.29, 0.717) is 23.9 Å². The van der Waals surface area contributed by atoms with Gasteiger partial charge < -0.3 is 15.6 Å². The molecular weight excluding hydrogens is 309 g/mol. The van der Waals surface area contributed by atoms with E-state index in [4.69, 9.17) is 0 Å².